The summed E-state index contributed by atoms with van der Waals surface area (Å²) in [5, 5.41) is 14.6. The van der Waals surface area contributed by atoms with Gasteiger partial charge in [0.25, 0.3) is 0 Å². The van der Waals surface area contributed by atoms with Crippen LogP contribution < -0.4 is 11.1 Å². The van der Waals surface area contributed by atoms with E-state index in [1.807, 2.05) is 6.92 Å². The van der Waals surface area contributed by atoms with Crippen LogP contribution in [0.3, 0.4) is 0 Å². The smallest absolute Gasteiger partial charge is 0.170 e. The quantitative estimate of drug-likeness (QED) is 0.243. The lowest BCUT2D eigenvalue weighted by Gasteiger charge is -2.11. The summed E-state index contributed by atoms with van der Waals surface area (Å²) in [4.78, 5) is 0. The number of amidine groups is 1. The molecule has 0 aromatic heterocycles. The summed E-state index contributed by atoms with van der Waals surface area (Å²) in [6, 6.07) is 4.41. The van der Waals surface area contributed by atoms with Crippen molar-refractivity contribution in [3.05, 3.63) is 35.1 Å². The van der Waals surface area contributed by atoms with Crippen LogP contribution in [0.25, 0.3) is 0 Å². The lowest BCUT2D eigenvalue weighted by atomic mass is 10.1. The molecule has 0 saturated heterocycles. The minimum atomic E-state index is -0.430. The SMILES string of the molecule is C#CCC(C)NCc1cc(F)cc(/C(N)=N/O)c1. The van der Waals surface area contributed by atoms with E-state index < -0.39 is 5.82 Å². The van der Waals surface area contributed by atoms with E-state index in [0.29, 0.717) is 24.1 Å². The number of rotatable bonds is 5. The first-order chi connectivity index (χ1) is 8.56. The van der Waals surface area contributed by atoms with Crippen molar-refractivity contribution in [2.24, 2.45) is 10.9 Å². The topological polar surface area (TPSA) is 70.6 Å². The molecule has 0 saturated carbocycles. The first-order valence-electron chi connectivity index (χ1n) is 5.51. The second-order valence-electron chi connectivity index (χ2n) is 4.02. The van der Waals surface area contributed by atoms with E-state index in [0.717, 1.165) is 0 Å². The predicted molar refractivity (Wildman–Crippen MR) is 68.7 cm³/mol. The Hall–Kier alpha value is -2.06. The molecule has 0 bridgehead atoms. The van der Waals surface area contributed by atoms with Crippen LogP contribution in [0.4, 0.5) is 4.39 Å². The summed E-state index contributed by atoms with van der Waals surface area (Å²) in [6.07, 6.45) is 5.79. The molecule has 4 N–H and O–H groups in total. The molecule has 0 aliphatic rings. The number of nitrogens with one attached hydrogen (secondary N) is 1. The van der Waals surface area contributed by atoms with E-state index in [1.165, 1.54) is 12.1 Å². The molecule has 0 fully saturated rings. The van der Waals surface area contributed by atoms with Gasteiger partial charge in [0.1, 0.15) is 5.82 Å². The number of benzene rings is 1. The Bertz CT molecular complexity index is 480. The summed E-state index contributed by atoms with van der Waals surface area (Å²) in [6.45, 7) is 2.41. The van der Waals surface area contributed by atoms with Gasteiger partial charge in [0.05, 0.1) is 0 Å². The molecule has 5 heteroatoms. The average Bonchev–Trinajstić information content (AvgIpc) is 2.35. The van der Waals surface area contributed by atoms with Gasteiger partial charge in [-0.05, 0) is 30.7 Å². The van der Waals surface area contributed by atoms with Crippen LogP contribution in [0.2, 0.25) is 0 Å². The van der Waals surface area contributed by atoms with Crippen molar-refractivity contribution in [2.45, 2.75) is 25.9 Å². The van der Waals surface area contributed by atoms with Crippen LogP contribution in [0.15, 0.2) is 23.4 Å². The molecule has 96 valence electrons. The average molecular weight is 249 g/mol. The largest absolute Gasteiger partial charge is 0.409 e. The van der Waals surface area contributed by atoms with Crippen LogP contribution in [0, 0.1) is 18.2 Å². The first kappa shape index (κ1) is 14.0. The molecule has 0 aliphatic heterocycles. The van der Waals surface area contributed by atoms with Crippen molar-refractivity contribution in [1.82, 2.24) is 5.32 Å². The van der Waals surface area contributed by atoms with Gasteiger partial charge >= 0.3 is 0 Å². The molecule has 0 heterocycles. The van der Waals surface area contributed by atoms with Crippen molar-refractivity contribution in [1.29, 1.82) is 0 Å². The van der Waals surface area contributed by atoms with Crippen molar-refractivity contribution in [2.75, 3.05) is 0 Å². The Kier molecular flexibility index (Phi) is 5.15. The number of halogens is 1. The van der Waals surface area contributed by atoms with Gasteiger partial charge < -0.3 is 16.3 Å². The molecule has 1 atom stereocenters. The van der Waals surface area contributed by atoms with Gasteiger partial charge in [0.2, 0.25) is 0 Å². The molecule has 1 rings (SSSR count). The zero-order valence-electron chi connectivity index (χ0n) is 10.2. The van der Waals surface area contributed by atoms with Crippen molar-refractivity contribution in [3.63, 3.8) is 0 Å². The van der Waals surface area contributed by atoms with Crippen LogP contribution in [0.5, 0.6) is 0 Å². The normalized spacial score (nSPS) is 13.1. The molecular formula is C13H16FN3O. The molecule has 1 aromatic carbocycles. The zero-order chi connectivity index (χ0) is 13.5. The minimum Gasteiger partial charge on any atom is -0.409 e. The molecule has 0 aliphatic carbocycles. The number of terminal acetylenes is 1. The molecule has 1 unspecified atom stereocenters. The van der Waals surface area contributed by atoms with Crippen LogP contribution in [0.1, 0.15) is 24.5 Å². The van der Waals surface area contributed by atoms with E-state index in [2.05, 4.69) is 16.4 Å². The fourth-order valence-corrected chi connectivity index (χ4v) is 1.50. The minimum absolute atomic E-state index is 0.118. The fourth-order valence-electron chi connectivity index (χ4n) is 1.50. The third-order valence-electron chi connectivity index (χ3n) is 2.44. The van der Waals surface area contributed by atoms with Gasteiger partial charge in [-0.15, -0.1) is 12.3 Å². The number of hydrogen-bond donors (Lipinski definition) is 3. The molecule has 1 aromatic rings. The molecule has 0 amide bonds. The number of oxime groups is 1. The van der Waals surface area contributed by atoms with E-state index in [-0.39, 0.29) is 11.9 Å². The Morgan fingerprint density at radius 3 is 2.94 bits per heavy atom. The van der Waals surface area contributed by atoms with Gasteiger partial charge in [-0.1, -0.05) is 5.16 Å². The third-order valence-corrected chi connectivity index (χ3v) is 2.44. The Balaban J connectivity index is 2.78. The molecular weight excluding hydrogens is 233 g/mol. The number of nitrogens with zero attached hydrogens (tertiary/aromatic N) is 1. The van der Waals surface area contributed by atoms with Gasteiger partial charge in [-0.3, -0.25) is 0 Å². The van der Waals surface area contributed by atoms with Gasteiger partial charge in [0.15, 0.2) is 5.84 Å². The van der Waals surface area contributed by atoms with Gasteiger partial charge in [-0.25, -0.2) is 4.39 Å². The van der Waals surface area contributed by atoms with E-state index >= 15 is 0 Å². The van der Waals surface area contributed by atoms with Crippen LogP contribution in [-0.2, 0) is 6.54 Å². The summed E-state index contributed by atoms with van der Waals surface area (Å²) in [5.74, 6) is 2.00. The lowest BCUT2D eigenvalue weighted by Crippen LogP contribution is -2.25. The standard InChI is InChI=1S/C13H16FN3O/c1-3-4-9(2)16-8-10-5-11(13(15)17-18)7-12(14)6-10/h1,5-7,9,16,18H,4,8H2,2H3,(H2,15,17). The third kappa shape index (κ3) is 4.07. The van der Waals surface area contributed by atoms with E-state index in [9.17, 15) is 4.39 Å². The molecule has 0 radical (unpaired) electrons. The highest BCUT2D eigenvalue weighted by atomic mass is 19.1. The second kappa shape index (κ2) is 6.62. The van der Waals surface area contributed by atoms with Crippen molar-refractivity contribution in [3.8, 4) is 12.3 Å². The Morgan fingerprint density at radius 2 is 2.33 bits per heavy atom. The number of hydrogen-bond acceptors (Lipinski definition) is 3. The summed E-state index contributed by atoms with van der Waals surface area (Å²) >= 11 is 0. The fraction of sp³-hybridized carbons (Fsp3) is 0.308. The maximum atomic E-state index is 13.3. The summed E-state index contributed by atoms with van der Waals surface area (Å²) in [5.41, 5.74) is 6.48. The predicted octanol–water partition coefficient (Wildman–Crippen LogP) is 1.42. The summed E-state index contributed by atoms with van der Waals surface area (Å²) < 4.78 is 13.3. The highest BCUT2D eigenvalue weighted by molar-refractivity contribution is 5.97. The highest BCUT2D eigenvalue weighted by Gasteiger charge is 2.06. The van der Waals surface area contributed by atoms with E-state index in [1.54, 1.807) is 6.07 Å². The Morgan fingerprint density at radius 1 is 1.61 bits per heavy atom. The molecule has 4 nitrogen and oxygen atoms in total. The second-order valence-corrected chi connectivity index (χ2v) is 4.02. The number of nitrogens with two attached hydrogens (primary N) is 1. The Labute approximate surface area is 106 Å². The highest BCUT2D eigenvalue weighted by Crippen LogP contribution is 2.09. The maximum absolute atomic E-state index is 13.3. The van der Waals surface area contributed by atoms with Gasteiger partial charge in [-0.2, -0.15) is 0 Å². The summed E-state index contributed by atoms with van der Waals surface area (Å²) in [7, 11) is 0. The van der Waals surface area contributed by atoms with Crippen molar-refractivity contribution < 1.29 is 9.60 Å². The maximum Gasteiger partial charge on any atom is 0.170 e. The first-order valence-corrected chi connectivity index (χ1v) is 5.51. The van der Waals surface area contributed by atoms with Crippen molar-refractivity contribution >= 4 is 5.84 Å². The lowest BCUT2D eigenvalue weighted by molar-refractivity contribution is 0.318. The van der Waals surface area contributed by atoms with Crippen LogP contribution >= 0.6 is 0 Å². The van der Waals surface area contributed by atoms with Gasteiger partial charge in [0, 0.05) is 24.6 Å². The zero-order valence-corrected chi connectivity index (χ0v) is 10.2. The van der Waals surface area contributed by atoms with E-state index in [4.69, 9.17) is 17.4 Å². The molecule has 18 heavy (non-hydrogen) atoms. The monoisotopic (exact) mass is 249 g/mol. The van der Waals surface area contributed by atoms with Crippen LogP contribution in [-0.4, -0.2) is 17.1 Å². The molecule has 0 spiro atoms.